The van der Waals surface area contributed by atoms with Crippen LogP contribution in [0.25, 0.3) is 0 Å². The van der Waals surface area contributed by atoms with Gasteiger partial charge in [0.2, 0.25) is 0 Å². The van der Waals surface area contributed by atoms with Gasteiger partial charge in [-0.1, -0.05) is 0 Å². The highest BCUT2D eigenvalue weighted by molar-refractivity contribution is 4.79. The first-order valence-corrected chi connectivity index (χ1v) is 6.45. The Morgan fingerprint density at radius 2 is 0.485 bits per heavy atom. The molecule has 24 heteroatoms. The molecule has 200 valence electrons. The van der Waals surface area contributed by atoms with E-state index in [0.29, 0.717) is 0 Å². The van der Waals surface area contributed by atoms with Gasteiger partial charge in [0.1, 0.15) is 0 Å². The van der Waals surface area contributed by atoms with Crippen LogP contribution < -0.4 is 0 Å². The minimum Gasteiger partial charge on any atom is -0.329 e. The molecule has 0 rings (SSSR count). The first-order valence-electron chi connectivity index (χ1n) is 6.45. The standard InChI is InChI=1S/C9HF19O5/c10-1(11,29)2(12,13)30-3(14,15)4(16,17)31-5(18,19)6(20,21)32-7(22,23)8(24,25)33-9(26,27)28/h29H. The number of aliphatic hydroxyl groups is 1. The summed E-state index contributed by atoms with van der Waals surface area (Å²) in [4.78, 5) is 0. The minimum absolute atomic E-state index is 1.26. The fourth-order valence-electron chi connectivity index (χ4n) is 1.05. The van der Waals surface area contributed by atoms with Gasteiger partial charge in [-0.3, -0.25) is 0 Å². The average molecular weight is 550 g/mol. The third-order valence-corrected chi connectivity index (χ3v) is 2.38. The van der Waals surface area contributed by atoms with Gasteiger partial charge in [-0.2, -0.15) is 70.2 Å². The lowest BCUT2D eigenvalue weighted by atomic mass is 10.4. The molecule has 1 N–H and O–H groups in total. The Morgan fingerprint density at radius 1 is 0.303 bits per heavy atom. The van der Waals surface area contributed by atoms with E-state index >= 15 is 0 Å². The Hall–Kier alpha value is -1.53. The zero-order valence-electron chi connectivity index (χ0n) is 13.8. The number of alkyl halides is 19. The summed E-state index contributed by atoms with van der Waals surface area (Å²) in [6.45, 7) is 0. The Kier molecular flexibility index (Phi) is 7.91. The molecule has 0 bridgehead atoms. The van der Waals surface area contributed by atoms with Crippen molar-refractivity contribution in [2.45, 2.75) is 55.2 Å². The van der Waals surface area contributed by atoms with Gasteiger partial charge in [-0.25, -0.2) is 18.9 Å². The van der Waals surface area contributed by atoms with Crippen LogP contribution in [0.3, 0.4) is 0 Å². The molecule has 5 nitrogen and oxygen atoms in total. The third-order valence-electron chi connectivity index (χ3n) is 2.38. The molecule has 0 fully saturated rings. The Bertz CT molecular complexity index is 678. The number of hydrogen-bond donors (Lipinski definition) is 1. The van der Waals surface area contributed by atoms with Crippen LogP contribution in [0.15, 0.2) is 0 Å². The summed E-state index contributed by atoms with van der Waals surface area (Å²) in [7, 11) is 0. The SMILES string of the molecule is OC(F)(F)C(F)(F)OC(F)(F)C(F)(F)OC(F)(F)C(F)(F)OC(F)(F)C(F)(F)OC(F)(F)F. The lowest BCUT2D eigenvalue weighted by Crippen LogP contribution is -2.60. The van der Waals surface area contributed by atoms with E-state index < -0.39 is 55.2 Å². The lowest BCUT2D eigenvalue weighted by molar-refractivity contribution is -0.586. The zero-order valence-corrected chi connectivity index (χ0v) is 13.8. The van der Waals surface area contributed by atoms with Gasteiger partial charge < -0.3 is 5.11 Å². The van der Waals surface area contributed by atoms with E-state index in [1.165, 1.54) is 18.9 Å². The maximum Gasteiger partial charge on any atom is 0.527 e. The molecule has 0 saturated carbocycles. The van der Waals surface area contributed by atoms with E-state index in [4.69, 9.17) is 5.11 Å². The number of halogens is 19. The van der Waals surface area contributed by atoms with Gasteiger partial charge in [-0.15, -0.1) is 13.2 Å². The molecular weight excluding hydrogens is 549 g/mol. The van der Waals surface area contributed by atoms with E-state index in [2.05, 4.69) is 0 Å². The van der Waals surface area contributed by atoms with Crippen LogP contribution in [0.2, 0.25) is 0 Å². The van der Waals surface area contributed by atoms with Crippen molar-refractivity contribution in [3.05, 3.63) is 0 Å². The van der Waals surface area contributed by atoms with E-state index in [1.807, 2.05) is 0 Å². The molecule has 0 aliphatic rings. The predicted octanol–water partition coefficient (Wildman–Crippen LogP) is 5.31. The lowest BCUT2D eigenvalue weighted by Gasteiger charge is -2.35. The highest BCUT2D eigenvalue weighted by atomic mass is 19.4. The smallest absolute Gasteiger partial charge is 0.329 e. The van der Waals surface area contributed by atoms with Gasteiger partial charge in [0.25, 0.3) is 0 Å². The van der Waals surface area contributed by atoms with Crippen molar-refractivity contribution in [2.75, 3.05) is 0 Å². The normalized spacial score (nSPS) is 16.4. The van der Waals surface area contributed by atoms with Crippen molar-refractivity contribution in [1.82, 2.24) is 0 Å². The number of ether oxygens (including phenoxy) is 4. The second-order valence-electron chi connectivity index (χ2n) is 5.01. The van der Waals surface area contributed by atoms with E-state index in [1.54, 1.807) is 0 Å². The zero-order chi connectivity index (χ0) is 27.3. The Balaban J connectivity index is 5.90. The van der Waals surface area contributed by atoms with Crippen molar-refractivity contribution < 1.29 is 107 Å². The Labute approximate surface area is 164 Å². The average Bonchev–Trinajstić information content (AvgIpc) is 2.38. The molecule has 0 saturated heterocycles. The highest BCUT2D eigenvalue weighted by Crippen LogP contribution is 2.51. The van der Waals surface area contributed by atoms with Crippen LogP contribution in [0.4, 0.5) is 83.4 Å². The molecule has 0 aliphatic carbocycles. The van der Waals surface area contributed by atoms with Crippen molar-refractivity contribution in [3.8, 4) is 0 Å². The molecule has 0 aliphatic heterocycles. The van der Waals surface area contributed by atoms with Crippen molar-refractivity contribution in [2.24, 2.45) is 0 Å². The largest absolute Gasteiger partial charge is 0.527 e. The summed E-state index contributed by atoms with van der Waals surface area (Å²) in [6.07, 6.45) is -66.3. The van der Waals surface area contributed by atoms with Crippen LogP contribution >= 0.6 is 0 Å². The van der Waals surface area contributed by atoms with Crippen LogP contribution in [0.5, 0.6) is 0 Å². The topological polar surface area (TPSA) is 57.2 Å². The van der Waals surface area contributed by atoms with E-state index in [-0.39, 0.29) is 0 Å². The molecular formula is C9HF19O5. The van der Waals surface area contributed by atoms with Gasteiger partial charge in [-0.05, 0) is 0 Å². The summed E-state index contributed by atoms with van der Waals surface area (Å²) in [5, 5.41) is 7.46. The van der Waals surface area contributed by atoms with Crippen molar-refractivity contribution >= 4 is 0 Å². The summed E-state index contributed by atoms with van der Waals surface area (Å²) < 4.78 is 242. The van der Waals surface area contributed by atoms with Crippen molar-refractivity contribution in [3.63, 3.8) is 0 Å². The maximum absolute atomic E-state index is 13.0. The summed E-state index contributed by atoms with van der Waals surface area (Å²) >= 11 is 0. The van der Waals surface area contributed by atoms with Crippen molar-refractivity contribution in [1.29, 1.82) is 0 Å². The quantitative estimate of drug-likeness (QED) is 0.354. The van der Waals surface area contributed by atoms with Crippen LogP contribution in [-0.2, 0) is 18.9 Å². The molecule has 0 unspecified atom stereocenters. The molecule has 0 aromatic heterocycles. The molecule has 33 heavy (non-hydrogen) atoms. The van der Waals surface area contributed by atoms with Crippen LogP contribution in [0.1, 0.15) is 0 Å². The fourth-order valence-corrected chi connectivity index (χ4v) is 1.05. The van der Waals surface area contributed by atoms with Gasteiger partial charge >= 0.3 is 55.2 Å². The Morgan fingerprint density at radius 3 is 0.667 bits per heavy atom. The predicted molar refractivity (Wildman–Crippen MR) is 52.2 cm³/mol. The molecule has 0 aromatic rings. The fraction of sp³-hybridized carbons (Fsp3) is 1.00. The summed E-state index contributed by atoms with van der Waals surface area (Å²) in [5.41, 5.74) is 0. The van der Waals surface area contributed by atoms with Crippen LogP contribution in [-0.4, -0.2) is 60.3 Å². The molecule has 0 spiro atoms. The summed E-state index contributed by atoms with van der Waals surface area (Å²) in [5.74, 6) is 0. The molecule has 0 amide bonds. The minimum atomic E-state index is -7.77. The highest BCUT2D eigenvalue weighted by Gasteiger charge is 2.78. The second kappa shape index (κ2) is 8.30. The number of rotatable bonds is 11. The maximum atomic E-state index is 13.0. The first-order chi connectivity index (χ1) is 13.8. The monoisotopic (exact) mass is 550 g/mol. The third kappa shape index (κ3) is 7.22. The van der Waals surface area contributed by atoms with Gasteiger partial charge in [0.05, 0.1) is 0 Å². The van der Waals surface area contributed by atoms with E-state index in [0.717, 1.165) is 0 Å². The van der Waals surface area contributed by atoms with Crippen LogP contribution in [0, 0.1) is 0 Å². The van der Waals surface area contributed by atoms with E-state index in [9.17, 15) is 83.4 Å². The molecule has 0 atom stereocenters. The molecule has 0 heterocycles. The first kappa shape index (κ1) is 31.5. The molecule has 0 aromatic carbocycles. The summed E-state index contributed by atoms with van der Waals surface area (Å²) in [6, 6.07) is 0. The molecule has 0 radical (unpaired) electrons. The van der Waals surface area contributed by atoms with Gasteiger partial charge in [0.15, 0.2) is 0 Å². The number of hydrogen-bond acceptors (Lipinski definition) is 5. The second-order valence-corrected chi connectivity index (χ2v) is 5.01. The van der Waals surface area contributed by atoms with Gasteiger partial charge in [0, 0.05) is 0 Å².